The number of nitrogens with zero attached hydrogens (tertiary/aromatic N) is 5. The molecule has 0 saturated carbocycles. The first kappa shape index (κ1) is 21.8. The molecule has 0 radical (unpaired) electrons. The van der Waals surface area contributed by atoms with E-state index >= 15 is 0 Å². The van der Waals surface area contributed by atoms with E-state index in [9.17, 15) is 13.3 Å². The summed E-state index contributed by atoms with van der Waals surface area (Å²) in [5.74, 6) is 2.17. The number of nitroso groups, excluding NO2 is 1. The van der Waals surface area contributed by atoms with Crippen molar-refractivity contribution in [3.05, 3.63) is 29.2 Å². The molecule has 1 aromatic rings. The van der Waals surface area contributed by atoms with E-state index in [-0.39, 0.29) is 17.0 Å². The van der Waals surface area contributed by atoms with Crippen molar-refractivity contribution in [3.63, 3.8) is 0 Å². The minimum absolute atomic E-state index is 0.0920. The predicted octanol–water partition coefficient (Wildman–Crippen LogP) is 1.73. The van der Waals surface area contributed by atoms with Gasteiger partial charge in [-0.2, -0.15) is 9.57 Å². The molecular formula is C18H25N5O4S2. The maximum Gasteiger partial charge on any atom is 0.243 e. The smallest absolute Gasteiger partial charge is 0.243 e. The number of rotatable bonds is 8. The minimum atomic E-state index is -3.58. The lowest BCUT2D eigenvalue weighted by Crippen LogP contribution is -2.47. The van der Waals surface area contributed by atoms with Crippen molar-refractivity contribution in [1.82, 2.24) is 14.2 Å². The molecule has 9 nitrogen and oxygen atoms in total. The van der Waals surface area contributed by atoms with Crippen LogP contribution in [-0.4, -0.2) is 79.6 Å². The highest BCUT2D eigenvalue weighted by Crippen LogP contribution is 2.25. The summed E-state index contributed by atoms with van der Waals surface area (Å²) in [5, 5.41) is 13.8. The molecule has 0 bridgehead atoms. The summed E-state index contributed by atoms with van der Waals surface area (Å²) < 4.78 is 32.2. The van der Waals surface area contributed by atoms with Crippen molar-refractivity contribution in [3.8, 4) is 11.8 Å². The third kappa shape index (κ3) is 5.01. The fraction of sp³-hybridized carbons (Fsp3) is 0.611. The van der Waals surface area contributed by atoms with E-state index < -0.39 is 10.0 Å². The zero-order valence-corrected chi connectivity index (χ0v) is 17.9. The number of methoxy groups -OCH3 is 1. The Bertz CT molecular complexity index is 835. The molecule has 0 amide bonds. The van der Waals surface area contributed by atoms with Gasteiger partial charge in [-0.05, 0) is 37.1 Å². The van der Waals surface area contributed by atoms with Gasteiger partial charge in [0.05, 0.1) is 35.9 Å². The Hall–Kier alpha value is -1.87. The summed E-state index contributed by atoms with van der Waals surface area (Å²) in [6, 6.07) is 8.40. The first-order chi connectivity index (χ1) is 14.0. The number of hydrogen-bond acceptors (Lipinski definition) is 8. The second-order valence-corrected chi connectivity index (χ2v) is 9.95. The quantitative estimate of drug-likeness (QED) is 0.445. The van der Waals surface area contributed by atoms with Crippen LogP contribution < -0.4 is 4.74 Å². The molecule has 11 heteroatoms. The van der Waals surface area contributed by atoms with Crippen LogP contribution in [0.1, 0.15) is 12.8 Å². The van der Waals surface area contributed by atoms with Crippen LogP contribution in [0.2, 0.25) is 0 Å². The molecule has 2 saturated heterocycles. The fourth-order valence-corrected chi connectivity index (χ4v) is 6.24. The highest BCUT2D eigenvalue weighted by molar-refractivity contribution is 7.99. The molecule has 0 spiro atoms. The maximum absolute atomic E-state index is 12.8. The van der Waals surface area contributed by atoms with E-state index in [0.29, 0.717) is 44.8 Å². The number of piperidine rings is 1. The molecule has 0 N–H and O–H groups in total. The van der Waals surface area contributed by atoms with Crippen molar-refractivity contribution in [2.24, 2.45) is 5.29 Å². The highest BCUT2D eigenvalue weighted by atomic mass is 32.2. The van der Waals surface area contributed by atoms with E-state index in [4.69, 9.17) is 10.00 Å². The summed E-state index contributed by atoms with van der Waals surface area (Å²) in [7, 11) is -2.04. The van der Waals surface area contributed by atoms with E-state index in [2.05, 4.69) is 11.4 Å². The average molecular weight is 440 g/mol. The van der Waals surface area contributed by atoms with Gasteiger partial charge in [0.25, 0.3) is 0 Å². The van der Waals surface area contributed by atoms with Crippen LogP contribution in [0.25, 0.3) is 0 Å². The van der Waals surface area contributed by atoms with Crippen molar-refractivity contribution in [2.75, 3.05) is 44.9 Å². The third-order valence-corrected chi connectivity index (χ3v) is 8.36. The lowest BCUT2D eigenvalue weighted by molar-refractivity contribution is 0.125. The topological polar surface area (TPSA) is 106 Å². The van der Waals surface area contributed by atoms with Gasteiger partial charge in [0.1, 0.15) is 11.8 Å². The van der Waals surface area contributed by atoms with Gasteiger partial charge in [0, 0.05) is 31.3 Å². The summed E-state index contributed by atoms with van der Waals surface area (Å²) in [5.41, 5.74) is 0. The van der Waals surface area contributed by atoms with Gasteiger partial charge in [0.2, 0.25) is 10.0 Å². The van der Waals surface area contributed by atoms with Crippen LogP contribution in [0, 0.1) is 16.2 Å². The van der Waals surface area contributed by atoms with Gasteiger partial charge in [-0.3, -0.25) is 9.91 Å². The van der Waals surface area contributed by atoms with Crippen LogP contribution in [0.3, 0.4) is 0 Å². The largest absolute Gasteiger partial charge is 0.497 e. The normalized spacial score (nSPS) is 21.6. The van der Waals surface area contributed by atoms with E-state index in [1.807, 2.05) is 4.90 Å². The van der Waals surface area contributed by atoms with Crippen molar-refractivity contribution < 1.29 is 13.2 Å². The Morgan fingerprint density at radius 1 is 1.31 bits per heavy atom. The number of hydrogen-bond donors (Lipinski definition) is 0. The molecule has 0 aliphatic carbocycles. The predicted molar refractivity (Wildman–Crippen MR) is 111 cm³/mol. The summed E-state index contributed by atoms with van der Waals surface area (Å²) in [4.78, 5) is 13.6. The van der Waals surface area contributed by atoms with Crippen LogP contribution in [0.5, 0.6) is 5.75 Å². The molecule has 2 fully saturated rings. The lowest BCUT2D eigenvalue weighted by Gasteiger charge is -2.35. The number of benzene rings is 1. The van der Waals surface area contributed by atoms with Gasteiger partial charge >= 0.3 is 0 Å². The molecule has 1 atom stereocenters. The Morgan fingerprint density at radius 2 is 2.00 bits per heavy atom. The van der Waals surface area contributed by atoms with Crippen LogP contribution in [0.15, 0.2) is 34.4 Å². The Kier molecular flexibility index (Phi) is 7.34. The van der Waals surface area contributed by atoms with Crippen molar-refractivity contribution in [1.29, 1.82) is 5.26 Å². The first-order valence-electron chi connectivity index (χ1n) is 9.45. The van der Waals surface area contributed by atoms with Gasteiger partial charge in [-0.1, -0.05) is 0 Å². The number of thioether (sulfide) groups is 1. The third-order valence-electron chi connectivity index (χ3n) is 5.39. The van der Waals surface area contributed by atoms with Crippen molar-refractivity contribution in [2.45, 2.75) is 29.8 Å². The number of nitriles is 1. The van der Waals surface area contributed by atoms with Gasteiger partial charge in [-0.15, -0.1) is 16.7 Å². The zero-order valence-electron chi connectivity index (χ0n) is 16.3. The molecule has 2 heterocycles. The lowest BCUT2D eigenvalue weighted by atomic mass is 10.1. The monoisotopic (exact) mass is 439 g/mol. The summed E-state index contributed by atoms with van der Waals surface area (Å²) in [6.45, 7) is 1.72. The SMILES string of the molecule is COc1ccc(S(=O)(=O)N2CCC(N(CCN3CSCC3C#N)N=O)CC2)cc1. The zero-order chi connectivity index (χ0) is 20.9. The van der Waals surface area contributed by atoms with Gasteiger partial charge < -0.3 is 4.74 Å². The molecule has 29 heavy (non-hydrogen) atoms. The second-order valence-electron chi connectivity index (χ2n) is 7.01. The van der Waals surface area contributed by atoms with Crippen LogP contribution >= 0.6 is 11.8 Å². The Balaban J connectivity index is 1.55. The van der Waals surface area contributed by atoms with Gasteiger partial charge in [-0.25, -0.2) is 8.42 Å². The second kappa shape index (κ2) is 9.75. The number of ether oxygens (including phenoxy) is 1. The molecule has 2 aliphatic heterocycles. The first-order valence-corrected chi connectivity index (χ1v) is 12.0. The Labute approximate surface area is 175 Å². The minimum Gasteiger partial charge on any atom is -0.497 e. The average Bonchev–Trinajstić information content (AvgIpc) is 3.22. The van der Waals surface area contributed by atoms with Crippen molar-refractivity contribution >= 4 is 21.8 Å². The molecular weight excluding hydrogens is 414 g/mol. The summed E-state index contributed by atoms with van der Waals surface area (Å²) in [6.07, 6.45) is 1.08. The molecule has 0 aromatic heterocycles. The van der Waals surface area contributed by atoms with E-state index in [0.717, 1.165) is 11.6 Å². The molecule has 3 rings (SSSR count). The fourth-order valence-electron chi connectivity index (χ4n) is 3.61. The summed E-state index contributed by atoms with van der Waals surface area (Å²) >= 11 is 1.71. The molecule has 2 aliphatic rings. The molecule has 158 valence electrons. The van der Waals surface area contributed by atoms with Crippen LogP contribution in [0.4, 0.5) is 0 Å². The Morgan fingerprint density at radius 3 is 2.59 bits per heavy atom. The molecule has 1 aromatic carbocycles. The molecule has 1 unspecified atom stereocenters. The van der Waals surface area contributed by atoms with Gasteiger partial charge in [0.15, 0.2) is 0 Å². The van der Waals surface area contributed by atoms with Crippen LogP contribution in [-0.2, 0) is 10.0 Å². The maximum atomic E-state index is 12.8. The highest BCUT2D eigenvalue weighted by Gasteiger charge is 2.33. The van der Waals surface area contributed by atoms with E-state index in [1.54, 1.807) is 36.0 Å². The number of sulfonamides is 1. The van der Waals surface area contributed by atoms with E-state index in [1.165, 1.54) is 16.4 Å². The standard InChI is InChI=1S/C18H25N5O4S2/c1-27-17-2-4-18(5-3-17)29(25,26)22-8-6-15(7-9-22)23(20-24)11-10-21-14-28-13-16(21)12-19/h2-5,15-16H,6-11,13-14H2,1H3.